The Morgan fingerprint density at radius 1 is 0.951 bits per heavy atom. The number of nitrogens with one attached hydrogen (secondary N) is 1. The summed E-state index contributed by atoms with van der Waals surface area (Å²) in [4.78, 5) is 38.4. The number of aryl methyl sites for hydroxylation is 2. The molecule has 0 spiro atoms. The van der Waals surface area contributed by atoms with Crippen LogP contribution in [0.3, 0.4) is 0 Å². The van der Waals surface area contributed by atoms with Crippen LogP contribution in [-0.4, -0.2) is 46.3 Å². The summed E-state index contributed by atoms with van der Waals surface area (Å²) in [6.45, 7) is 4.11. The number of hydrogen-bond acceptors (Lipinski definition) is 8. The van der Waals surface area contributed by atoms with Gasteiger partial charge in [0.2, 0.25) is 12.7 Å². The monoisotopic (exact) mass is 570 g/mol. The summed E-state index contributed by atoms with van der Waals surface area (Å²) in [5, 5.41) is 3.49. The van der Waals surface area contributed by atoms with Gasteiger partial charge in [0.25, 0.3) is 5.91 Å². The summed E-state index contributed by atoms with van der Waals surface area (Å²) in [6.07, 6.45) is 0. The fraction of sp³-hybridized carbons (Fsp3) is 0.226. The summed E-state index contributed by atoms with van der Waals surface area (Å²) >= 11 is 1.25. The number of amides is 2. The van der Waals surface area contributed by atoms with Crippen molar-refractivity contribution in [2.45, 2.75) is 31.6 Å². The maximum absolute atomic E-state index is 14.0. The molecule has 10 heteroatoms. The minimum absolute atomic E-state index is 0.0552. The first kappa shape index (κ1) is 28.0. The van der Waals surface area contributed by atoms with E-state index in [1.165, 1.54) is 11.8 Å². The third-order valence-corrected chi connectivity index (χ3v) is 7.27. The van der Waals surface area contributed by atoms with Crippen molar-refractivity contribution in [1.29, 1.82) is 0 Å². The third kappa shape index (κ3) is 6.96. The Bertz CT molecular complexity index is 1510. The van der Waals surface area contributed by atoms with E-state index in [1.807, 2.05) is 74.5 Å². The van der Waals surface area contributed by atoms with E-state index < -0.39 is 6.04 Å². The number of hydrogen-bond donors (Lipinski definition) is 1. The second-order valence-corrected chi connectivity index (χ2v) is 10.4. The van der Waals surface area contributed by atoms with Gasteiger partial charge in [0, 0.05) is 29.7 Å². The number of carbonyl (C=O) groups is 2. The van der Waals surface area contributed by atoms with Crippen molar-refractivity contribution in [2.75, 3.05) is 25.0 Å². The molecule has 5 rings (SSSR count). The zero-order chi connectivity index (χ0) is 28.8. The lowest BCUT2D eigenvalue weighted by Crippen LogP contribution is -2.41. The summed E-state index contributed by atoms with van der Waals surface area (Å²) < 4.78 is 16.2. The molecule has 4 aromatic rings. The molecule has 9 nitrogen and oxygen atoms in total. The van der Waals surface area contributed by atoms with E-state index in [0.717, 1.165) is 17.0 Å². The molecule has 1 aliphatic heterocycles. The van der Waals surface area contributed by atoms with Gasteiger partial charge < -0.3 is 24.4 Å². The van der Waals surface area contributed by atoms with Crippen LogP contribution in [0.5, 0.6) is 17.2 Å². The fourth-order valence-corrected chi connectivity index (χ4v) is 5.35. The molecular weight excluding hydrogens is 540 g/mol. The summed E-state index contributed by atoms with van der Waals surface area (Å²) in [5.74, 6) is 1.33. The number of carbonyl (C=O) groups excluding carboxylic acids is 2. The average molecular weight is 571 g/mol. The number of rotatable bonds is 10. The SMILES string of the molecule is COc1ccc(CN(C(=O)CSc2nc(C)cc(C)n2)[C@H](C(=O)Nc2ccc3c(c2)OCO3)c2ccccc2)cc1. The number of methoxy groups -OCH3 is 1. The highest BCUT2D eigenvalue weighted by Gasteiger charge is 2.32. The van der Waals surface area contributed by atoms with Gasteiger partial charge in [-0.15, -0.1) is 0 Å². The molecule has 0 aliphatic carbocycles. The molecule has 1 aliphatic rings. The van der Waals surface area contributed by atoms with Gasteiger partial charge in [-0.25, -0.2) is 9.97 Å². The van der Waals surface area contributed by atoms with Crippen LogP contribution in [0, 0.1) is 13.8 Å². The third-order valence-electron chi connectivity index (χ3n) is 6.43. The Labute approximate surface area is 242 Å². The van der Waals surface area contributed by atoms with Crippen molar-refractivity contribution in [2.24, 2.45) is 0 Å². The van der Waals surface area contributed by atoms with Crippen LogP contribution in [0.2, 0.25) is 0 Å². The number of nitrogens with zero attached hydrogens (tertiary/aromatic N) is 3. The molecule has 0 radical (unpaired) electrons. The first-order chi connectivity index (χ1) is 19.9. The number of aromatic nitrogens is 2. The Morgan fingerprint density at radius 2 is 1.66 bits per heavy atom. The van der Waals surface area contributed by atoms with E-state index in [0.29, 0.717) is 33.7 Å². The molecule has 0 unspecified atom stereocenters. The van der Waals surface area contributed by atoms with Gasteiger partial charge in [0.05, 0.1) is 12.9 Å². The Balaban J connectivity index is 1.47. The van der Waals surface area contributed by atoms with Gasteiger partial charge in [0.1, 0.15) is 11.8 Å². The maximum atomic E-state index is 14.0. The standard InChI is InChI=1S/C31H30N4O5S/c1-20-15-21(2)33-31(32-20)41-18-28(36)35(17-22-9-12-25(38-3)13-10-22)29(23-7-5-4-6-8-23)30(37)34-24-11-14-26-27(16-24)40-19-39-26/h4-16,29H,17-19H2,1-3H3,(H,34,37)/t29-/m0/s1. The lowest BCUT2D eigenvalue weighted by Gasteiger charge is -2.31. The van der Waals surface area contributed by atoms with E-state index >= 15 is 0 Å². The molecule has 0 saturated heterocycles. The molecule has 0 saturated carbocycles. The Morgan fingerprint density at radius 3 is 2.37 bits per heavy atom. The van der Waals surface area contributed by atoms with Crippen molar-refractivity contribution >= 4 is 29.3 Å². The number of thioether (sulfide) groups is 1. The zero-order valence-electron chi connectivity index (χ0n) is 23.0. The number of fused-ring (bicyclic) bond motifs is 1. The average Bonchev–Trinajstić information content (AvgIpc) is 3.44. The lowest BCUT2D eigenvalue weighted by atomic mass is 10.0. The van der Waals surface area contributed by atoms with E-state index in [9.17, 15) is 9.59 Å². The van der Waals surface area contributed by atoms with E-state index in [4.69, 9.17) is 14.2 Å². The summed E-state index contributed by atoms with van der Waals surface area (Å²) in [6, 6.07) is 22.9. The number of ether oxygens (including phenoxy) is 3. The number of anilines is 1. The second-order valence-electron chi connectivity index (χ2n) is 9.46. The molecule has 210 valence electrons. The van der Waals surface area contributed by atoms with E-state index in [-0.39, 0.29) is 30.9 Å². The predicted octanol–water partition coefficient (Wildman–Crippen LogP) is 5.33. The van der Waals surface area contributed by atoms with Crippen molar-refractivity contribution in [3.63, 3.8) is 0 Å². The lowest BCUT2D eigenvalue weighted by molar-refractivity contribution is -0.137. The highest BCUT2D eigenvalue weighted by molar-refractivity contribution is 7.99. The highest BCUT2D eigenvalue weighted by atomic mass is 32.2. The number of benzene rings is 3. The van der Waals surface area contributed by atoms with Gasteiger partial charge >= 0.3 is 0 Å². The molecule has 0 fully saturated rings. The van der Waals surface area contributed by atoms with Crippen LogP contribution >= 0.6 is 11.8 Å². The smallest absolute Gasteiger partial charge is 0.251 e. The first-order valence-corrected chi connectivity index (χ1v) is 14.0. The summed E-state index contributed by atoms with van der Waals surface area (Å²) in [7, 11) is 1.60. The summed E-state index contributed by atoms with van der Waals surface area (Å²) in [5.41, 5.74) is 3.72. The van der Waals surface area contributed by atoms with Crippen molar-refractivity contribution in [1.82, 2.24) is 14.9 Å². The molecule has 1 aromatic heterocycles. The fourth-order valence-electron chi connectivity index (χ4n) is 4.51. The molecule has 2 amide bonds. The zero-order valence-corrected chi connectivity index (χ0v) is 23.8. The first-order valence-electron chi connectivity index (χ1n) is 13.0. The normalized spacial score (nSPS) is 12.5. The molecule has 3 aromatic carbocycles. The van der Waals surface area contributed by atoms with Crippen molar-refractivity contribution < 1.29 is 23.8 Å². The van der Waals surface area contributed by atoms with Crippen LogP contribution in [-0.2, 0) is 16.1 Å². The van der Waals surface area contributed by atoms with Gasteiger partial charge in [0.15, 0.2) is 16.7 Å². The van der Waals surface area contributed by atoms with Crippen LogP contribution in [0.1, 0.15) is 28.6 Å². The van der Waals surface area contributed by atoms with Crippen molar-refractivity contribution in [3.05, 3.63) is 101 Å². The van der Waals surface area contributed by atoms with Crippen molar-refractivity contribution in [3.8, 4) is 17.2 Å². The quantitative estimate of drug-likeness (QED) is 0.202. The minimum Gasteiger partial charge on any atom is -0.497 e. The van der Waals surface area contributed by atoms with Gasteiger partial charge in [-0.05, 0) is 55.3 Å². The minimum atomic E-state index is -0.919. The van der Waals surface area contributed by atoms with Gasteiger partial charge in [-0.1, -0.05) is 54.2 Å². The highest BCUT2D eigenvalue weighted by Crippen LogP contribution is 2.35. The van der Waals surface area contributed by atoms with Gasteiger partial charge in [-0.3, -0.25) is 9.59 Å². The molecule has 0 bridgehead atoms. The van der Waals surface area contributed by atoms with Gasteiger partial charge in [-0.2, -0.15) is 0 Å². The van der Waals surface area contributed by atoms with Crippen LogP contribution < -0.4 is 19.5 Å². The second kappa shape index (κ2) is 12.7. The van der Waals surface area contributed by atoms with E-state index in [1.54, 1.807) is 30.2 Å². The Kier molecular flexibility index (Phi) is 8.69. The topological polar surface area (TPSA) is 103 Å². The van der Waals surface area contributed by atoms with E-state index in [2.05, 4.69) is 15.3 Å². The molecule has 2 heterocycles. The van der Waals surface area contributed by atoms with Crippen LogP contribution in [0.4, 0.5) is 5.69 Å². The predicted molar refractivity (Wildman–Crippen MR) is 156 cm³/mol. The molecule has 41 heavy (non-hydrogen) atoms. The molecule has 1 N–H and O–H groups in total. The molecule has 1 atom stereocenters. The molecular formula is C31H30N4O5S. The largest absolute Gasteiger partial charge is 0.497 e. The van der Waals surface area contributed by atoms with Crippen LogP contribution in [0.15, 0.2) is 84.0 Å². The Hall–Kier alpha value is -4.57. The van der Waals surface area contributed by atoms with Crippen LogP contribution in [0.25, 0.3) is 0 Å². The maximum Gasteiger partial charge on any atom is 0.251 e.